The zero-order valence-electron chi connectivity index (χ0n) is 11.5. The van der Waals surface area contributed by atoms with Crippen LogP contribution in [-0.4, -0.2) is 53.0 Å². The van der Waals surface area contributed by atoms with Crippen LogP contribution in [0.2, 0.25) is 0 Å². The highest BCUT2D eigenvalue weighted by molar-refractivity contribution is 5.98. The van der Waals surface area contributed by atoms with Crippen LogP contribution in [0.25, 0.3) is 0 Å². The Labute approximate surface area is 113 Å². The molecule has 1 fully saturated rings. The third kappa shape index (κ3) is 2.66. The molecule has 0 aromatic heterocycles. The third-order valence-corrected chi connectivity index (χ3v) is 3.76. The normalized spacial score (nSPS) is 20.5. The molecule has 5 heteroatoms. The van der Waals surface area contributed by atoms with E-state index in [-0.39, 0.29) is 22.9 Å². The maximum absolute atomic E-state index is 12.4. The molecular formula is C14H21N3O2. The van der Waals surface area contributed by atoms with E-state index < -0.39 is 0 Å². The van der Waals surface area contributed by atoms with E-state index in [4.69, 9.17) is 5.73 Å². The number of aromatic hydroxyl groups is 1. The maximum atomic E-state index is 12.4. The molecule has 0 aliphatic carbocycles. The molecule has 1 amide bonds. The Bertz CT molecular complexity index is 476. The number of hydrogen-bond donors (Lipinski definition) is 2. The number of phenolic OH excluding ortho intramolecular Hbond substituents is 1. The second-order valence-corrected chi connectivity index (χ2v) is 4.97. The number of rotatable bonds is 2. The van der Waals surface area contributed by atoms with E-state index in [0.717, 1.165) is 13.1 Å². The fraction of sp³-hybridized carbons (Fsp3) is 0.500. The smallest absolute Gasteiger partial charge is 0.257 e. The number of phenols is 1. The van der Waals surface area contributed by atoms with E-state index in [9.17, 15) is 9.90 Å². The number of benzene rings is 1. The van der Waals surface area contributed by atoms with Crippen molar-refractivity contribution in [3.05, 3.63) is 23.8 Å². The fourth-order valence-electron chi connectivity index (χ4n) is 2.55. The molecule has 1 unspecified atom stereocenters. The van der Waals surface area contributed by atoms with Crippen molar-refractivity contribution in [3.8, 4) is 5.75 Å². The average Bonchev–Trinajstić information content (AvgIpc) is 2.41. The SMILES string of the molecule is CCN1CCN(C(=O)c2cccc(N)c2O)CC1C. The molecule has 0 radical (unpaired) electrons. The van der Waals surface area contributed by atoms with Gasteiger partial charge >= 0.3 is 0 Å². The van der Waals surface area contributed by atoms with Crippen molar-refractivity contribution in [2.24, 2.45) is 0 Å². The average molecular weight is 263 g/mol. The molecule has 1 atom stereocenters. The first-order valence-electron chi connectivity index (χ1n) is 6.65. The summed E-state index contributed by atoms with van der Waals surface area (Å²) in [7, 11) is 0. The molecule has 1 aromatic rings. The van der Waals surface area contributed by atoms with Gasteiger partial charge < -0.3 is 15.7 Å². The number of nitrogen functional groups attached to an aromatic ring is 1. The van der Waals surface area contributed by atoms with E-state index >= 15 is 0 Å². The molecule has 0 spiro atoms. The van der Waals surface area contributed by atoms with Crippen molar-refractivity contribution in [3.63, 3.8) is 0 Å². The Kier molecular flexibility index (Phi) is 3.95. The minimum absolute atomic E-state index is 0.113. The largest absolute Gasteiger partial charge is 0.505 e. The van der Waals surface area contributed by atoms with Gasteiger partial charge in [0.2, 0.25) is 0 Å². The number of nitrogens with zero attached hydrogens (tertiary/aromatic N) is 2. The zero-order chi connectivity index (χ0) is 14.0. The number of anilines is 1. The van der Waals surface area contributed by atoms with Gasteiger partial charge in [0.05, 0.1) is 11.3 Å². The topological polar surface area (TPSA) is 69.8 Å². The second kappa shape index (κ2) is 5.48. The molecular weight excluding hydrogens is 242 g/mol. The van der Waals surface area contributed by atoms with Crippen LogP contribution in [0.15, 0.2) is 18.2 Å². The molecule has 1 aliphatic heterocycles. The molecule has 1 heterocycles. The van der Waals surface area contributed by atoms with Crippen LogP contribution in [-0.2, 0) is 0 Å². The fourth-order valence-corrected chi connectivity index (χ4v) is 2.55. The van der Waals surface area contributed by atoms with Gasteiger partial charge in [0.25, 0.3) is 5.91 Å². The Hall–Kier alpha value is -1.75. The summed E-state index contributed by atoms with van der Waals surface area (Å²) < 4.78 is 0. The molecule has 5 nitrogen and oxygen atoms in total. The van der Waals surface area contributed by atoms with Gasteiger partial charge in [0.1, 0.15) is 0 Å². The van der Waals surface area contributed by atoms with Crippen molar-refractivity contribution in [1.82, 2.24) is 9.80 Å². The Balaban J connectivity index is 2.15. The first-order valence-corrected chi connectivity index (χ1v) is 6.65. The maximum Gasteiger partial charge on any atom is 0.257 e. The molecule has 0 saturated carbocycles. The predicted octanol–water partition coefficient (Wildman–Crippen LogP) is 1.14. The summed E-state index contributed by atoms with van der Waals surface area (Å²) in [5.74, 6) is -0.259. The summed E-state index contributed by atoms with van der Waals surface area (Å²) in [6.07, 6.45) is 0. The van der Waals surface area contributed by atoms with Crippen LogP contribution in [0.1, 0.15) is 24.2 Å². The van der Waals surface area contributed by atoms with E-state index in [1.807, 2.05) is 0 Å². The van der Waals surface area contributed by atoms with Crippen LogP contribution in [0.4, 0.5) is 5.69 Å². The summed E-state index contributed by atoms with van der Waals surface area (Å²) in [5, 5.41) is 9.88. The van der Waals surface area contributed by atoms with Crippen LogP contribution in [0.3, 0.4) is 0 Å². The van der Waals surface area contributed by atoms with Crippen molar-refractivity contribution >= 4 is 11.6 Å². The zero-order valence-corrected chi connectivity index (χ0v) is 11.5. The van der Waals surface area contributed by atoms with E-state index in [2.05, 4.69) is 18.7 Å². The highest BCUT2D eigenvalue weighted by Gasteiger charge is 2.27. The molecule has 1 aromatic carbocycles. The minimum atomic E-state index is -0.146. The number of likely N-dealkylation sites (N-methyl/N-ethyl adjacent to an activating group) is 1. The second-order valence-electron chi connectivity index (χ2n) is 4.97. The van der Waals surface area contributed by atoms with Gasteiger partial charge in [-0.15, -0.1) is 0 Å². The summed E-state index contributed by atoms with van der Waals surface area (Å²) in [4.78, 5) is 16.5. The highest BCUT2D eigenvalue weighted by Crippen LogP contribution is 2.26. The van der Waals surface area contributed by atoms with Gasteiger partial charge in [-0.2, -0.15) is 0 Å². The highest BCUT2D eigenvalue weighted by atomic mass is 16.3. The number of hydrogen-bond acceptors (Lipinski definition) is 4. The number of amides is 1. The summed E-state index contributed by atoms with van der Waals surface area (Å²) in [6.45, 7) is 7.46. The van der Waals surface area contributed by atoms with Crippen molar-refractivity contribution < 1.29 is 9.90 Å². The van der Waals surface area contributed by atoms with Crippen LogP contribution in [0, 0.1) is 0 Å². The summed E-state index contributed by atoms with van der Waals surface area (Å²) in [5.41, 5.74) is 6.16. The lowest BCUT2D eigenvalue weighted by Gasteiger charge is -2.39. The van der Waals surface area contributed by atoms with Gasteiger partial charge in [-0.3, -0.25) is 9.69 Å². The summed E-state index contributed by atoms with van der Waals surface area (Å²) in [6, 6.07) is 5.23. The van der Waals surface area contributed by atoms with Crippen LogP contribution < -0.4 is 5.73 Å². The number of para-hydroxylation sites is 1. The minimum Gasteiger partial charge on any atom is -0.505 e. The molecule has 0 bridgehead atoms. The van der Waals surface area contributed by atoms with Crippen molar-refractivity contribution in [2.45, 2.75) is 19.9 Å². The van der Waals surface area contributed by atoms with Crippen LogP contribution >= 0.6 is 0 Å². The first kappa shape index (κ1) is 13.7. The Morgan fingerprint density at radius 1 is 1.47 bits per heavy atom. The van der Waals surface area contributed by atoms with Gasteiger partial charge in [-0.25, -0.2) is 0 Å². The van der Waals surface area contributed by atoms with Crippen molar-refractivity contribution in [2.75, 3.05) is 31.9 Å². The Morgan fingerprint density at radius 3 is 2.84 bits per heavy atom. The molecule has 2 rings (SSSR count). The standard InChI is InChI=1S/C14H21N3O2/c1-3-16-7-8-17(9-10(16)2)14(19)11-5-4-6-12(15)13(11)18/h4-6,10,18H,3,7-9,15H2,1-2H3. The molecule has 1 saturated heterocycles. The monoisotopic (exact) mass is 263 g/mol. The number of piperazine rings is 1. The van der Waals surface area contributed by atoms with Gasteiger partial charge in [-0.05, 0) is 25.6 Å². The van der Waals surface area contributed by atoms with Gasteiger partial charge in [0.15, 0.2) is 5.75 Å². The predicted molar refractivity (Wildman–Crippen MR) is 75.1 cm³/mol. The van der Waals surface area contributed by atoms with E-state index in [1.54, 1.807) is 23.1 Å². The first-order chi connectivity index (χ1) is 9.04. The molecule has 3 N–H and O–H groups in total. The third-order valence-electron chi connectivity index (χ3n) is 3.76. The Morgan fingerprint density at radius 2 is 2.21 bits per heavy atom. The lowest BCUT2D eigenvalue weighted by molar-refractivity contribution is 0.0526. The lowest BCUT2D eigenvalue weighted by atomic mass is 10.1. The van der Waals surface area contributed by atoms with E-state index in [1.165, 1.54) is 0 Å². The summed E-state index contributed by atoms with van der Waals surface area (Å²) >= 11 is 0. The number of nitrogens with two attached hydrogens (primary N) is 1. The van der Waals surface area contributed by atoms with Crippen molar-refractivity contribution in [1.29, 1.82) is 0 Å². The molecule has 104 valence electrons. The number of carbonyl (C=O) groups is 1. The van der Waals surface area contributed by atoms with Gasteiger partial charge in [-0.1, -0.05) is 13.0 Å². The molecule has 19 heavy (non-hydrogen) atoms. The van der Waals surface area contributed by atoms with Gasteiger partial charge in [0, 0.05) is 25.7 Å². The lowest BCUT2D eigenvalue weighted by Crippen LogP contribution is -2.53. The van der Waals surface area contributed by atoms with E-state index in [0.29, 0.717) is 19.1 Å². The molecule has 1 aliphatic rings. The van der Waals surface area contributed by atoms with Crippen LogP contribution in [0.5, 0.6) is 5.75 Å². The quantitative estimate of drug-likeness (QED) is 0.620. The number of carbonyl (C=O) groups excluding carboxylic acids is 1.